The topological polar surface area (TPSA) is 70.2 Å². The van der Waals surface area contributed by atoms with Crippen molar-refractivity contribution >= 4 is 34.7 Å². The van der Waals surface area contributed by atoms with Gasteiger partial charge in [-0.1, -0.05) is 29.7 Å². The fourth-order valence-corrected chi connectivity index (χ4v) is 3.07. The molecule has 3 rings (SSSR count). The fraction of sp³-hybridized carbons (Fsp3) is 0.105. The van der Waals surface area contributed by atoms with Gasteiger partial charge in [0, 0.05) is 16.1 Å². The third-order valence-electron chi connectivity index (χ3n) is 3.53. The molecule has 5 nitrogen and oxygen atoms in total. The van der Waals surface area contributed by atoms with E-state index in [-0.39, 0.29) is 5.78 Å². The van der Waals surface area contributed by atoms with E-state index in [1.807, 2.05) is 37.3 Å². The van der Waals surface area contributed by atoms with Gasteiger partial charge in [0.05, 0.1) is 5.69 Å². The normalized spacial score (nSPS) is 11.4. The van der Waals surface area contributed by atoms with Crippen LogP contribution in [0.15, 0.2) is 65.7 Å². The second kappa shape index (κ2) is 7.27. The highest BCUT2D eigenvalue weighted by Gasteiger charge is 2.08. The first-order chi connectivity index (χ1) is 12.0. The van der Waals surface area contributed by atoms with Crippen molar-refractivity contribution in [1.82, 2.24) is 3.96 Å². The average Bonchev–Trinajstić information content (AvgIpc) is 2.94. The van der Waals surface area contributed by atoms with E-state index in [1.165, 1.54) is 18.5 Å². The minimum Gasteiger partial charge on any atom is -0.325 e. The molecular weight excluding hydrogens is 332 g/mol. The van der Waals surface area contributed by atoms with E-state index in [9.17, 15) is 4.79 Å². The molecule has 0 unspecified atom stereocenters. The highest BCUT2D eigenvalue weighted by atomic mass is 32.1. The molecule has 2 N–H and O–H groups in total. The number of hydrogen-bond acceptors (Lipinski definition) is 4. The Morgan fingerprint density at radius 3 is 2.36 bits per heavy atom. The number of carbonyl (C=O) groups is 1. The summed E-state index contributed by atoms with van der Waals surface area (Å²) in [6.07, 6.45) is 0. The predicted octanol–water partition coefficient (Wildman–Crippen LogP) is 4.19. The van der Waals surface area contributed by atoms with Gasteiger partial charge in [-0.05, 0) is 56.3 Å². The number of rotatable bonds is 3. The molecule has 0 aliphatic heterocycles. The van der Waals surface area contributed by atoms with Crippen molar-refractivity contribution in [2.45, 2.75) is 13.8 Å². The van der Waals surface area contributed by atoms with E-state index in [4.69, 9.17) is 5.41 Å². The molecule has 6 heteroatoms. The standard InChI is InChI=1S/C19H18N4OS/c1-13-12-18(20)23(25-13)19(21-16-6-4-3-5-7-16)22-17-10-8-15(9-11-17)14(2)24/h3-12,20H,1-2H3,(H,21,22). The maximum absolute atomic E-state index is 11.4. The van der Waals surface area contributed by atoms with Crippen LogP contribution >= 0.6 is 11.5 Å². The number of hydrogen-bond donors (Lipinski definition) is 2. The number of Topliss-reactive ketones (excluding diaryl/α,β-unsaturated/α-hetero) is 1. The van der Waals surface area contributed by atoms with Gasteiger partial charge < -0.3 is 5.32 Å². The van der Waals surface area contributed by atoms with E-state index in [0.29, 0.717) is 22.7 Å². The van der Waals surface area contributed by atoms with Crippen LogP contribution in [0.4, 0.5) is 11.4 Å². The average molecular weight is 350 g/mol. The molecule has 126 valence electrons. The lowest BCUT2D eigenvalue weighted by atomic mass is 10.1. The number of aryl methyl sites for hydroxylation is 1. The van der Waals surface area contributed by atoms with E-state index in [1.54, 1.807) is 34.3 Å². The van der Waals surface area contributed by atoms with Gasteiger partial charge in [0.25, 0.3) is 0 Å². The number of ketones is 1. The number of benzene rings is 2. The number of aliphatic imine (C=N–C) groups is 1. The van der Waals surface area contributed by atoms with Crippen LogP contribution in [0.3, 0.4) is 0 Å². The van der Waals surface area contributed by atoms with Crippen molar-refractivity contribution in [3.63, 3.8) is 0 Å². The third-order valence-corrected chi connectivity index (χ3v) is 4.48. The number of para-hydroxylation sites is 1. The number of nitrogens with zero attached hydrogens (tertiary/aromatic N) is 2. The van der Waals surface area contributed by atoms with Gasteiger partial charge in [-0.3, -0.25) is 10.2 Å². The second-order valence-corrected chi connectivity index (χ2v) is 6.75. The first-order valence-corrected chi connectivity index (χ1v) is 8.57. The Kier molecular flexibility index (Phi) is 4.90. The Balaban J connectivity index is 2.02. The molecule has 0 radical (unpaired) electrons. The maximum Gasteiger partial charge on any atom is 0.223 e. The number of aromatic nitrogens is 1. The highest BCUT2D eigenvalue weighted by Crippen LogP contribution is 2.16. The van der Waals surface area contributed by atoms with Crippen LogP contribution in [-0.2, 0) is 0 Å². The van der Waals surface area contributed by atoms with Gasteiger partial charge in [-0.2, -0.15) is 0 Å². The fourth-order valence-electron chi connectivity index (χ4n) is 2.30. The smallest absolute Gasteiger partial charge is 0.223 e. The predicted molar refractivity (Wildman–Crippen MR) is 102 cm³/mol. The molecule has 0 saturated heterocycles. The lowest BCUT2D eigenvalue weighted by Crippen LogP contribution is -2.28. The molecule has 1 aromatic heterocycles. The van der Waals surface area contributed by atoms with E-state index >= 15 is 0 Å². The lowest BCUT2D eigenvalue weighted by molar-refractivity contribution is 0.101. The molecule has 25 heavy (non-hydrogen) atoms. The van der Waals surface area contributed by atoms with Crippen LogP contribution in [0.1, 0.15) is 22.2 Å². The van der Waals surface area contributed by atoms with Crippen LogP contribution in [0.2, 0.25) is 0 Å². The molecule has 0 saturated carbocycles. The van der Waals surface area contributed by atoms with Crippen LogP contribution in [0.25, 0.3) is 0 Å². The molecule has 0 fully saturated rings. The van der Waals surface area contributed by atoms with Gasteiger partial charge >= 0.3 is 0 Å². The minimum absolute atomic E-state index is 0.0230. The molecule has 0 bridgehead atoms. The summed E-state index contributed by atoms with van der Waals surface area (Å²) in [6.45, 7) is 3.50. The Morgan fingerprint density at radius 1 is 1.12 bits per heavy atom. The maximum atomic E-state index is 11.4. The molecule has 0 atom stereocenters. The molecule has 3 aromatic rings. The van der Waals surface area contributed by atoms with Crippen molar-refractivity contribution in [3.05, 3.63) is 76.6 Å². The highest BCUT2D eigenvalue weighted by molar-refractivity contribution is 7.07. The molecular formula is C19H18N4OS. The van der Waals surface area contributed by atoms with E-state index < -0.39 is 0 Å². The summed E-state index contributed by atoms with van der Waals surface area (Å²) < 4.78 is 1.74. The van der Waals surface area contributed by atoms with Crippen molar-refractivity contribution in [2.24, 2.45) is 4.99 Å². The number of nitrogens with one attached hydrogen (secondary N) is 2. The first-order valence-electron chi connectivity index (χ1n) is 7.79. The summed E-state index contributed by atoms with van der Waals surface area (Å²) in [5.74, 6) is 0.569. The largest absolute Gasteiger partial charge is 0.325 e. The van der Waals surface area contributed by atoms with Crippen LogP contribution < -0.4 is 10.8 Å². The van der Waals surface area contributed by atoms with Crippen molar-refractivity contribution < 1.29 is 4.79 Å². The van der Waals surface area contributed by atoms with E-state index in [0.717, 1.165) is 10.6 Å². The Bertz CT molecular complexity index is 969. The Hall–Kier alpha value is -2.99. The Labute approximate surface area is 150 Å². The second-order valence-electron chi connectivity index (χ2n) is 5.56. The SMILES string of the molecule is CC(=O)c1ccc(N=C(Nc2ccccc2)n2sc(C)cc2=N)cc1. The quantitative estimate of drug-likeness (QED) is 0.422. The van der Waals surface area contributed by atoms with Gasteiger partial charge in [0.1, 0.15) is 5.49 Å². The zero-order valence-corrected chi connectivity index (χ0v) is 14.8. The van der Waals surface area contributed by atoms with Gasteiger partial charge in [-0.15, -0.1) is 0 Å². The van der Waals surface area contributed by atoms with Gasteiger partial charge in [0.15, 0.2) is 5.78 Å². The lowest BCUT2D eigenvalue weighted by Gasteiger charge is -2.10. The van der Waals surface area contributed by atoms with Crippen molar-refractivity contribution in [2.75, 3.05) is 5.32 Å². The summed E-state index contributed by atoms with van der Waals surface area (Å²) in [4.78, 5) is 17.1. The van der Waals surface area contributed by atoms with Gasteiger partial charge in [0.2, 0.25) is 5.96 Å². The van der Waals surface area contributed by atoms with Crippen LogP contribution in [-0.4, -0.2) is 15.7 Å². The number of carbonyl (C=O) groups excluding carboxylic acids is 1. The summed E-state index contributed by atoms with van der Waals surface area (Å²) in [6, 6.07) is 18.6. The summed E-state index contributed by atoms with van der Waals surface area (Å²) in [7, 11) is 0. The number of anilines is 1. The minimum atomic E-state index is 0.0230. The van der Waals surface area contributed by atoms with Crippen LogP contribution in [0.5, 0.6) is 0 Å². The van der Waals surface area contributed by atoms with Gasteiger partial charge in [-0.25, -0.2) is 8.95 Å². The summed E-state index contributed by atoms with van der Waals surface area (Å²) in [5, 5.41) is 11.4. The molecule has 0 aliphatic rings. The van der Waals surface area contributed by atoms with Crippen molar-refractivity contribution in [1.29, 1.82) is 5.41 Å². The molecule has 1 heterocycles. The zero-order valence-electron chi connectivity index (χ0n) is 14.0. The van der Waals surface area contributed by atoms with Crippen LogP contribution in [0, 0.1) is 12.3 Å². The first kappa shape index (κ1) is 16.9. The molecule has 0 aliphatic carbocycles. The molecule has 2 aromatic carbocycles. The molecule has 0 spiro atoms. The monoisotopic (exact) mass is 350 g/mol. The summed E-state index contributed by atoms with van der Waals surface area (Å²) >= 11 is 1.45. The third kappa shape index (κ3) is 4.10. The summed E-state index contributed by atoms with van der Waals surface area (Å²) in [5.41, 5.74) is 2.61. The van der Waals surface area contributed by atoms with E-state index in [2.05, 4.69) is 10.3 Å². The Morgan fingerprint density at radius 2 is 1.80 bits per heavy atom. The van der Waals surface area contributed by atoms with Crippen molar-refractivity contribution in [3.8, 4) is 0 Å². The molecule has 0 amide bonds. The zero-order chi connectivity index (χ0) is 17.8.